The van der Waals surface area contributed by atoms with Crippen LogP contribution < -0.4 is 15.2 Å². The summed E-state index contributed by atoms with van der Waals surface area (Å²) in [6.07, 6.45) is -1.62. The van der Waals surface area contributed by atoms with Crippen molar-refractivity contribution in [2.75, 3.05) is 12.8 Å². The van der Waals surface area contributed by atoms with Crippen LogP contribution in [0.15, 0.2) is 77.7 Å². The summed E-state index contributed by atoms with van der Waals surface area (Å²) in [5.74, 6) is 0.561. The van der Waals surface area contributed by atoms with Gasteiger partial charge in [-0.25, -0.2) is 4.79 Å². The first-order chi connectivity index (χ1) is 14.0. The number of hydrogen-bond donors (Lipinski definition) is 3. The number of carboxylic acids is 1. The first-order valence-corrected chi connectivity index (χ1v) is 9.70. The van der Waals surface area contributed by atoms with Gasteiger partial charge in [0.2, 0.25) is 0 Å². The number of carboxylic acid groups (broad SMARTS) is 1. The fourth-order valence-electron chi connectivity index (χ4n) is 2.68. The maximum absolute atomic E-state index is 11.5. The van der Waals surface area contributed by atoms with E-state index in [0.29, 0.717) is 33.4 Å². The van der Waals surface area contributed by atoms with Gasteiger partial charge in [-0.3, -0.25) is 0 Å². The Morgan fingerprint density at radius 2 is 1.62 bits per heavy atom. The standard InChI is InChI=1S/C22H21NO5S/c1-27-15-9-7-14(8-10-15)21(20(24)22(25)26)29-19-13-17(11-12-18(19)23)28-16-5-3-2-4-6-16/h2-13,20-21,24H,23H2,1H3,(H,25,26)/t20-,21+/m1/s1. The SMILES string of the molecule is COc1ccc([C@H](Sc2cc(Oc3ccccc3)ccc2N)[C@@H](O)C(=O)O)cc1. The summed E-state index contributed by atoms with van der Waals surface area (Å²) in [6.45, 7) is 0. The number of ether oxygens (including phenoxy) is 2. The number of aliphatic hydroxyl groups excluding tert-OH is 1. The summed E-state index contributed by atoms with van der Waals surface area (Å²) < 4.78 is 11.0. The average molecular weight is 411 g/mol. The second-order valence-corrected chi connectivity index (χ2v) is 7.39. The highest BCUT2D eigenvalue weighted by Crippen LogP contribution is 2.42. The van der Waals surface area contributed by atoms with Crippen LogP contribution in [-0.4, -0.2) is 29.4 Å². The third-order valence-electron chi connectivity index (χ3n) is 4.20. The second-order valence-electron chi connectivity index (χ2n) is 6.21. The summed E-state index contributed by atoms with van der Waals surface area (Å²) in [5, 5.41) is 18.9. The zero-order valence-electron chi connectivity index (χ0n) is 15.7. The number of nitrogen functional groups attached to an aromatic ring is 1. The van der Waals surface area contributed by atoms with Gasteiger partial charge in [-0.15, -0.1) is 11.8 Å². The lowest BCUT2D eigenvalue weighted by Crippen LogP contribution is -2.26. The Morgan fingerprint density at radius 3 is 2.24 bits per heavy atom. The predicted molar refractivity (Wildman–Crippen MR) is 113 cm³/mol. The van der Waals surface area contributed by atoms with E-state index in [9.17, 15) is 15.0 Å². The first-order valence-electron chi connectivity index (χ1n) is 8.82. The number of thioether (sulfide) groups is 1. The number of anilines is 1. The highest BCUT2D eigenvalue weighted by atomic mass is 32.2. The Bertz CT molecular complexity index is 963. The van der Waals surface area contributed by atoms with Gasteiger partial charge >= 0.3 is 5.97 Å². The van der Waals surface area contributed by atoms with Crippen molar-refractivity contribution in [1.29, 1.82) is 0 Å². The van der Waals surface area contributed by atoms with Crippen molar-refractivity contribution in [1.82, 2.24) is 0 Å². The van der Waals surface area contributed by atoms with Crippen LogP contribution in [-0.2, 0) is 4.79 Å². The topological polar surface area (TPSA) is 102 Å². The van der Waals surface area contributed by atoms with E-state index in [1.807, 2.05) is 30.3 Å². The second kappa shape index (κ2) is 9.36. The third-order valence-corrected chi connectivity index (χ3v) is 5.59. The van der Waals surface area contributed by atoms with Crippen molar-refractivity contribution in [2.24, 2.45) is 0 Å². The molecule has 0 radical (unpaired) electrons. The first kappa shape index (κ1) is 20.6. The maximum atomic E-state index is 11.5. The van der Waals surface area contributed by atoms with Gasteiger partial charge in [0.1, 0.15) is 17.2 Å². The minimum absolute atomic E-state index is 0.464. The number of hydrogen-bond acceptors (Lipinski definition) is 6. The summed E-state index contributed by atoms with van der Waals surface area (Å²) >= 11 is 1.17. The van der Waals surface area contributed by atoms with Gasteiger partial charge in [0, 0.05) is 10.6 Å². The number of aliphatic carboxylic acids is 1. The van der Waals surface area contributed by atoms with Crippen LogP contribution in [0.1, 0.15) is 10.8 Å². The maximum Gasteiger partial charge on any atom is 0.334 e. The van der Waals surface area contributed by atoms with Crippen LogP contribution in [0, 0.1) is 0 Å². The zero-order valence-corrected chi connectivity index (χ0v) is 16.5. The molecule has 0 heterocycles. The molecule has 0 aliphatic carbocycles. The molecule has 0 saturated heterocycles. The van der Waals surface area contributed by atoms with E-state index in [4.69, 9.17) is 15.2 Å². The van der Waals surface area contributed by atoms with Crippen LogP contribution in [0.25, 0.3) is 0 Å². The van der Waals surface area contributed by atoms with E-state index in [1.54, 1.807) is 49.6 Å². The Morgan fingerprint density at radius 1 is 0.966 bits per heavy atom. The average Bonchev–Trinajstić information content (AvgIpc) is 2.74. The lowest BCUT2D eigenvalue weighted by atomic mass is 10.1. The fraction of sp³-hybridized carbons (Fsp3) is 0.136. The van der Waals surface area contributed by atoms with E-state index in [1.165, 1.54) is 11.8 Å². The smallest absolute Gasteiger partial charge is 0.334 e. The van der Waals surface area contributed by atoms with Gasteiger partial charge in [0.05, 0.1) is 12.4 Å². The quantitative estimate of drug-likeness (QED) is 0.374. The molecule has 2 atom stereocenters. The van der Waals surface area contributed by atoms with Crippen LogP contribution in [0.5, 0.6) is 17.2 Å². The molecule has 3 aromatic carbocycles. The van der Waals surface area contributed by atoms with Crippen molar-refractivity contribution in [2.45, 2.75) is 16.2 Å². The molecular formula is C22H21NO5S. The van der Waals surface area contributed by atoms with Gasteiger partial charge in [-0.2, -0.15) is 0 Å². The van der Waals surface area contributed by atoms with Crippen molar-refractivity contribution in [3.8, 4) is 17.2 Å². The molecule has 150 valence electrons. The Balaban J connectivity index is 1.89. The lowest BCUT2D eigenvalue weighted by Gasteiger charge is -2.21. The van der Waals surface area contributed by atoms with Gasteiger partial charge in [0.15, 0.2) is 6.10 Å². The number of nitrogens with two attached hydrogens (primary N) is 1. The third kappa shape index (κ3) is 5.22. The molecule has 4 N–H and O–H groups in total. The van der Waals surface area contributed by atoms with Crippen LogP contribution in [0.3, 0.4) is 0 Å². The molecule has 0 unspecified atom stereocenters. The number of benzene rings is 3. The van der Waals surface area contributed by atoms with Crippen LogP contribution in [0.4, 0.5) is 5.69 Å². The Hall–Kier alpha value is -3.16. The molecule has 0 aliphatic heterocycles. The van der Waals surface area contributed by atoms with E-state index in [2.05, 4.69) is 0 Å². The Labute approximate surface area is 172 Å². The molecule has 6 nitrogen and oxygen atoms in total. The molecular weight excluding hydrogens is 390 g/mol. The largest absolute Gasteiger partial charge is 0.497 e. The predicted octanol–water partition coefficient (Wildman–Crippen LogP) is 4.35. The number of aliphatic hydroxyl groups is 1. The molecule has 3 rings (SSSR count). The summed E-state index contributed by atoms with van der Waals surface area (Å²) in [7, 11) is 1.55. The number of para-hydroxylation sites is 1. The summed E-state index contributed by atoms with van der Waals surface area (Å²) in [5.41, 5.74) is 7.21. The highest BCUT2D eigenvalue weighted by molar-refractivity contribution is 7.99. The monoisotopic (exact) mass is 411 g/mol. The molecule has 0 aliphatic rings. The number of methoxy groups -OCH3 is 1. The van der Waals surface area contributed by atoms with E-state index in [0.717, 1.165) is 0 Å². The van der Waals surface area contributed by atoms with Crippen molar-refractivity contribution in [3.63, 3.8) is 0 Å². The van der Waals surface area contributed by atoms with Crippen LogP contribution in [0.2, 0.25) is 0 Å². The molecule has 0 spiro atoms. The number of carbonyl (C=O) groups is 1. The Kier molecular flexibility index (Phi) is 6.64. The van der Waals surface area contributed by atoms with Gasteiger partial charge in [-0.1, -0.05) is 30.3 Å². The van der Waals surface area contributed by atoms with Gasteiger partial charge in [0.25, 0.3) is 0 Å². The highest BCUT2D eigenvalue weighted by Gasteiger charge is 2.29. The molecule has 0 aromatic heterocycles. The molecule has 3 aromatic rings. The van der Waals surface area contributed by atoms with Gasteiger partial charge < -0.3 is 25.4 Å². The van der Waals surface area contributed by atoms with Crippen molar-refractivity contribution in [3.05, 3.63) is 78.4 Å². The minimum Gasteiger partial charge on any atom is -0.497 e. The normalized spacial score (nSPS) is 12.8. The lowest BCUT2D eigenvalue weighted by molar-refractivity contribution is -0.146. The van der Waals surface area contributed by atoms with E-state index >= 15 is 0 Å². The minimum atomic E-state index is -1.62. The van der Waals surface area contributed by atoms with E-state index < -0.39 is 17.3 Å². The number of rotatable bonds is 8. The van der Waals surface area contributed by atoms with E-state index in [-0.39, 0.29) is 0 Å². The molecule has 0 saturated carbocycles. The van der Waals surface area contributed by atoms with Crippen molar-refractivity contribution < 1.29 is 24.5 Å². The van der Waals surface area contributed by atoms with Gasteiger partial charge in [-0.05, 0) is 48.0 Å². The molecule has 0 fully saturated rings. The molecule has 7 heteroatoms. The van der Waals surface area contributed by atoms with Crippen molar-refractivity contribution >= 4 is 23.4 Å². The summed E-state index contributed by atoms with van der Waals surface area (Å²) in [6, 6.07) is 21.3. The zero-order chi connectivity index (χ0) is 20.8. The van der Waals surface area contributed by atoms with Crippen LogP contribution >= 0.6 is 11.8 Å². The fourth-order valence-corrected chi connectivity index (χ4v) is 3.88. The molecule has 29 heavy (non-hydrogen) atoms. The molecule has 0 bridgehead atoms. The summed E-state index contributed by atoms with van der Waals surface area (Å²) in [4.78, 5) is 12.1. The molecule has 0 amide bonds.